The van der Waals surface area contributed by atoms with Crippen LogP contribution in [0.2, 0.25) is 0 Å². The number of benzene rings is 2. The number of halogens is 1. The van der Waals surface area contributed by atoms with Crippen LogP contribution in [0.3, 0.4) is 0 Å². The van der Waals surface area contributed by atoms with Crippen molar-refractivity contribution in [3.05, 3.63) is 89.3 Å². The van der Waals surface area contributed by atoms with Gasteiger partial charge in [0.2, 0.25) is 0 Å². The molecular weight excluding hydrogens is 490 g/mol. The molecule has 0 aliphatic carbocycles. The molecule has 0 aliphatic rings. The number of allylic oxidation sites excluding steroid dienone is 1. The highest BCUT2D eigenvalue weighted by molar-refractivity contribution is 9.10. The summed E-state index contributed by atoms with van der Waals surface area (Å²) >= 11 is 4.75. The molecule has 7 nitrogen and oxygen atoms in total. The van der Waals surface area contributed by atoms with Gasteiger partial charge in [0.05, 0.1) is 12.0 Å². The quantitative estimate of drug-likeness (QED) is 0.201. The van der Waals surface area contributed by atoms with Gasteiger partial charge in [-0.25, -0.2) is 5.43 Å². The molecule has 0 saturated heterocycles. The maximum Gasteiger partial charge on any atom is 0.250 e. The summed E-state index contributed by atoms with van der Waals surface area (Å²) in [6.45, 7) is 0. The summed E-state index contributed by atoms with van der Waals surface area (Å²) in [6, 6.07) is 21.3. The average molecular weight is 508 g/mol. The van der Waals surface area contributed by atoms with Crippen molar-refractivity contribution >= 4 is 45.9 Å². The van der Waals surface area contributed by atoms with Gasteiger partial charge in [0.1, 0.15) is 5.76 Å². The van der Waals surface area contributed by atoms with Gasteiger partial charge in [0, 0.05) is 21.9 Å². The van der Waals surface area contributed by atoms with Gasteiger partial charge < -0.3 is 4.42 Å². The summed E-state index contributed by atoms with van der Waals surface area (Å²) in [6.07, 6.45) is 6.51. The zero-order chi connectivity index (χ0) is 22.2. The third-order valence-corrected chi connectivity index (χ3v) is 5.69. The summed E-state index contributed by atoms with van der Waals surface area (Å²) in [7, 11) is 0. The Kier molecular flexibility index (Phi) is 7.31. The SMILES string of the molecule is O=C(CSc1nnc(-c2ccccc2)n1-c1ccc(Br)cc1)N/N=C\C=C\c1ccco1. The van der Waals surface area contributed by atoms with Crippen LogP contribution in [0.1, 0.15) is 5.76 Å². The molecule has 2 aromatic carbocycles. The van der Waals surface area contributed by atoms with Crippen molar-refractivity contribution < 1.29 is 9.21 Å². The van der Waals surface area contributed by atoms with E-state index in [4.69, 9.17) is 4.42 Å². The van der Waals surface area contributed by atoms with E-state index in [1.807, 2.05) is 65.2 Å². The number of hydrazone groups is 1. The van der Waals surface area contributed by atoms with E-state index >= 15 is 0 Å². The van der Waals surface area contributed by atoms with E-state index < -0.39 is 0 Å². The van der Waals surface area contributed by atoms with Crippen LogP contribution in [-0.4, -0.2) is 32.6 Å². The first-order chi connectivity index (χ1) is 15.7. The van der Waals surface area contributed by atoms with Crippen molar-refractivity contribution in [1.29, 1.82) is 0 Å². The molecule has 0 aliphatic heterocycles. The summed E-state index contributed by atoms with van der Waals surface area (Å²) in [5.74, 6) is 1.31. The highest BCUT2D eigenvalue weighted by Gasteiger charge is 2.17. The number of nitrogens with zero attached hydrogens (tertiary/aromatic N) is 4. The van der Waals surface area contributed by atoms with E-state index in [0.717, 1.165) is 15.7 Å². The fourth-order valence-electron chi connectivity index (χ4n) is 2.80. The van der Waals surface area contributed by atoms with Crippen molar-refractivity contribution in [3.8, 4) is 17.1 Å². The standard InChI is InChI=1S/C23H18BrN5O2S/c24-18-10-12-19(13-11-18)29-22(17-6-2-1-3-7-17)27-28-23(29)32-16-21(30)26-25-14-4-8-20-9-5-15-31-20/h1-15H,16H2,(H,26,30)/b8-4+,25-14-. The highest BCUT2D eigenvalue weighted by atomic mass is 79.9. The number of aromatic nitrogens is 3. The maximum atomic E-state index is 12.2. The van der Waals surface area contributed by atoms with Crippen LogP contribution in [0.4, 0.5) is 0 Å². The van der Waals surface area contributed by atoms with Crippen molar-refractivity contribution in [2.45, 2.75) is 5.16 Å². The first-order valence-corrected chi connectivity index (χ1v) is 11.4. The van der Waals surface area contributed by atoms with Gasteiger partial charge in [-0.05, 0) is 48.6 Å². The first kappa shape index (κ1) is 21.8. The summed E-state index contributed by atoms with van der Waals surface area (Å²) in [5.41, 5.74) is 4.34. The van der Waals surface area contributed by atoms with E-state index in [9.17, 15) is 4.79 Å². The lowest BCUT2D eigenvalue weighted by molar-refractivity contribution is -0.118. The Morgan fingerprint density at radius 1 is 1.09 bits per heavy atom. The monoisotopic (exact) mass is 507 g/mol. The molecule has 1 amide bonds. The molecule has 9 heteroatoms. The summed E-state index contributed by atoms with van der Waals surface area (Å²) in [4.78, 5) is 12.2. The molecule has 0 saturated carbocycles. The third-order valence-electron chi connectivity index (χ3n) is 4.24. The van der Waals surface area contributed by atoms with Crippen LogP contribution in [0.15, 0.2) is 98.2 Å². The molecule has 0 unspecified atom stereocenters. The van der Waals surface area contributed by atoms with Gasteiger partial charge in [-0.15, -0.1) is 10.2 Å². The molecule has 0 bridgehead atoms. The topological polar surface area (TPSA) is 85.3 Å². The number of hydrogen-bond acceptors (Lipinski definition) is 6. The summed E-state index contributed by atoms with van der Waals surface area (Å²) in [5, 5.41) is 13.2. The predicted molar refractivity (Wildman–Crippen MR) is 130 cm³/mol. The number of hydrogen-bond donors (Lipinski definition) is 1. The number of nitrogens with one attached hydrogen (secondary N) is 1. The molecule has 4 rings (SSSR count). The Labute approximate surface area is 197 Å². The lowest BCUT2D eigenvalue weighted by atomic mass is 10.2. The van der Waals surface area contributed by atoms with Crippen molar-refractivity contribution in [2.75, 3.05) is 5.75 Å². The minimum Gasteiger partial charge on any atom is -0.465 e. The minimum atomic E-state index is -0.246. The Morgan fingerprint density at radius 2 is 1.91 bits per heavy atom. The van der Waals surface area contributed by atoms with Crippen LogP contribution in [0.5, 0.6) is 0 Å². The predicted octanol–water partition coefficient (Wildman–Crippen LogP) is 5.20. The third kappa shape index (κ3) is 5.63. The molecule has 2 aromatic heterocycles. The largest absolute Gasteiger partial charge is 0.465 e. The second-order valence-electron chi connectivity index (χ2n) is 6.46. The number of carbonyl (C=O) groups is 1. The van der Waals surface area contributed by atoms with Crippen LogP contribution in [0, 0.1) is 0 Å². The van der Waals surface area contributed by atoms with Gasteiger partial charge in [0.25, 0.3) is 5.91 Å². The number of carbonyl (C=O) groups excluding carboxylic acids is 1. The number of rotatable bonds is 8. The lowest BCUT2D eigenvalue weighted by Crippen LogP contribution is -2.19. The molecule has 0 spiro atoms. The maximum absolute atomic E-state index is 12.2. The zero-order valence-corrected chi connectivity index (χ0v) is 19.2. The molecule has 0 radical (unpaired) electrons. The number of furan rings is 1. The fourth-order valence-corrected chi connectivity index (χ4v) is 3.81. The second kappa shape index (κ2) is 10.7. The number of thioether (sulfide) groups is 1. The number of amides is 1. The van der Waals surface area contributed by atoms with E-state index in [1.165, 1.54) is 18.0 Å². The molecular formula is C23H18BrN5O2S. The molecule has 4 aromatic rings. The van der Waals surface area contributed by atoms with Gasteiger partial charge >= 0.3 is 0 Å². The van der Waals surface area contributed by atoms with Crippen molar-refractivity contribution in [2.24, 2.45) is 5.10 Å². The molecule has 1 N–H and O–H groups in total. The van der Waals surface area contributed by atoms with Crippen LogP contribution < -0.4 is 5.43 Å². The van der Waals surface area contributed by atoms with Crippen molar-refractivity contribution in [3.63, 3.8) is 0 Å². The van der Waals surface area contributed by atoms with Crippen LogP contribution >= 0.6 is 27.7 Å². The van der Waals surface area contributed by atoms with Gasteiger partial charge in [-0.1, -0.05) is 58.0 Å². The highest BCUT2D eigenvalue weighted by Crippen LogP contribution is 2.28. The van der Waals surface area contributed by atoms with Crippen LogP contribution in [0.25, 0.3) is 23.2 Å². The second-order valence-corrected chi connectivity index (χ2v) is 8.32. The van der Waals surface area contributed by atoms with Gasteiger partial charge in [-0.2, -0.15) is 5.10 Å². The Bertz CT molecular complexity index is 1220. The molecule has 2 heterocycles. The molecule has 32 heavy (non-hydrogen) atoms. The van der Waals surface area contributed by atoms with Crippen LogP contribution in [-0.2, 0) is 4.79 Å². The van der Waals surface area contributed by atoms with E-state index in [-0.39, 0.29) is 11.7 Å². The Balaban J connectivity index is 1.45. The van der Waals surface area contributed by atoms with E-state index in [0.29, 0.717) is 16.7 Å². The lowest BCUT2D eigenvalue weighted by Gasteiger charge is -2.10. The molecule has 0 fully saturated rings. The van der Waals surface area contributed by atoms with Gasteiger partial charge in [0.15, 0.2) is 11.0 Å². The fraction of sp³-hybridized carbons (Fsp3) is 0.0435. The van der Waals surface area contributed by atoms with E-state index in [1.54, 1.807) is 24.5 Å². The first-order valence-electron chi connectivity index (χ1n) is 9.62. The Morgan fingerprint density at radius 3 is 2.66 bits per heavy atom. The van der Waals surface area contributed by atoms with E-state index in [2.05, 4.69) is 36.7 Å². The molecule has 0 atom stereocenters. The molecule has 160 valence electrons. The smallest absolute Gasteiger partial charge is 0.250 e. The van der Waals surface area contributed by atoms with Gasteiger partial charge in [-0.3, -0.25) is 9.36 Å². The average Bonchev–Trinajstić information content (AvgIpc) is 3.49. The Hall–Kier alpha value is -3.43. The minimum absolute atomic E-state index is 0.142. The summed E-state index contributed by atoms with van der Waals surface area (Å²) < 4.78 is 8.09. The normalized spacial score (nSPS) is 11.4. The van der Waals surface area contributed by atoms with Crippen molar-refractivity contribution in [1.82, 2.24) is 20.2 Å². The zero-order valence-electron chi connectivity index (χ0n) is 16.8.